The minimum atomic E-state index is -0.316. The van der Waals surface area contributed by atoms with Gasteiger partial charge in [0.15, 0.2) is 0 Å². The van der Waals surface area contributed by atoms with Crippen molar-refractivity contribution in [3.8, 4) is 0 Å². The minimum Gasteiger partial charge on any atom is -0.390 e. The normalized spacial score (nSPS) is 27.5. The van der Waals surface area contributed by atoms with E-state index >= 15 is 0 Å². The van der Waals surface area contributed by atoms with E-state index in [1.54, 1.807) is 0 Å². The molecule has 2 aliphatic heterocycles. The molecule has 1 N–H and O–H groups in total. The lowest BCUT2D eigenvalue weighted by Gasteiger charge is -2.38. The van der Waals surface area contributed by atoms with Crippen molar-refractivity contribution in [1.29, 1.82) is 0 Å². The Hall–Kier alpha value is -1.10. The topological polar surface area (TPSA) is 35.9 Å². The second-order valence-electron chi connectivity index (χ2n) is 6.81. The molecule has 3 rings (SSSR count). The van der Waals surface area contributed by atoms with E-state index in [-0.39, 0.29) is 18.3 Å². The lowest BCUT2D eigenvalue weighted by molar-refractivity contribution is -0.0758. The zero-order valence-corrected chi connectivity index (χ0v) is 13.7. The van der Waals surface area contributed by atoms with Crippen LogP contribution >= 0.6 is 0 Å². The molecule has 22 heavy (non-hydrogen) atoms. The highest BCUT2D eigenvalue weighted by Crippen LogP contribution is 2.26. The molecule has 0 spiro atoms. The number of hydrogen-bond acceptors (Lipinski definition) is 4. The monoisotopic (exact) mass is 304 g/mol. The largest absolute Gasteiger partial charge is 0.390 e. The van der Waals surface area contributed by atoms with Gasteiger partial charge in [-0.2, -0.15) is 0 Å². The first-order chi connectivity index (χ1) is 10.6. The number of morpholine rings is 1. The van der Waals surface area contributed by atoms with Gasteiger partial charge in [0, 0.05) is 38.4 Å². The first-order valence-corrected chi connectivity index (χ1v) is 8.50. The van der Waals surface area contributed by atoms with Crippen molar-refractivity contribution in [1.82, 2.24) is 4.90 Å². The minimum absolute atomic E-state index is 0.256. The molecule has 0 amide bonds. The first kappa shape index (κ1) is 15.8. The second-order valence-corrected chi connectivity index (χ2v) is 6.81. The molecule has 4 nitrogen and oxygen atoms in total. The van der Waals surface area contributed by atoms with Crippen LogP contribution < -0.4 is 4.90 Å². The van der Waals surface area contributed by atoms with E-state index in [1.807, 2.05) is 0 Å². The maximum absolute atomic E-state index is 10.5. The fraction of sp³-hybridized carbons (Fsp3) is 0.667. The van der Waals surface area contributed by atoms with Crippen molar-refractivity contribution in [2.24, 2.45) is 0 Å². The number of fused-ring (bicyclic) bond motifs is 1. The highest BCUT2D eigenvalue weighted by Gasteiger charge is 2.25. The molecule has 0 radical (unpaired) electrons. The fourth-order valence-electron chi connectivity index (χ4n) is 3.84. The first-order valence-electron chi connectivity index (χ1n) is 8.50. The summed E-state index contributed by atoms with van der Waals surface area (Å²) >= 11 is 0. The van der Waals surface area contributed by atoms with E-state index in [1.165, 1.54) is 17.7 Å². The van der Waals surface area contributed by atoms with Gasteiger partial charge in [0.1, 0.15) is 0 Å². The van der Waals surface area contributed by atoms with Crippen LogP contribution in [0, 0.1) is 0 Å². The lowest BCUT2D eigenvalue weighted by Crippen LogP contribution is -2.50. The van der Waals surface area contributed by atoms with Crippen LogP contribution in [-0.4, -0.2) is 61.0 Å². The Balaban J connectivity index is 1.57. The molecule has 0 aromatic heterocycles. The number of ether oxygens (including phenoxy) is 1. The van der Waals surface area contributed by atoms with Crippen LogP contribution in [0.5, 0.6) is 0 Å². The van der Waals surface area contributed by atoms with Crippen LogP contribution in [0.25, 0.3) is 0 Å². The van der Waals surface area contributed by atoms with Crippen LogP contribution in [0.15, 0.2) is 24.3 Å². The molecule has 1 saturated heterocycles. The molecule has 2 aliphatic rings. The number of aliphatic hydroxyl groups is 1. The number of rotatable bonds is 4. The number of anilines is 1. The molecule has 4 heteroatoms. The van der Waals surface area contributed by atoms with Crippen molar-refractivity contribution < 1.29 is 9.84 Å². The van der Waals surface area contributed by atoms with Crippen LogP contribution in [0.4, 0.5) is 5.69 Å². The molecule has 1 aromatic carbocycles. The highest BCUT2D eigenvalue weighted by atomic mass is 16.5. The average molecular weight is 304 g/mol. The molecule has 122 valence electrons. The van der Waals surface area contributed by atoms with Gasteiger partial charge in [-0.05, 0) is 38.3 Å². The van der Waals surface area contributed by atoms with Crippen LogP contribution in [-0.2, 0) is 11.2 Å². The molecular formula is C18H28N2O2. The SMILES string of the molecule is CC1CN(CC(O)CN2CCCc3ccccc32)CC(C)O1. The predicted octanol–water partition coefficient (Wildman–Crippen LogP) is 1.91. The van der Waals surface area contributed by atoms with Gasteiger partial charge in [0.05, 0.1) is 18.3 Å². The second kappa shape index (κ2) is 6.99. The number of para-hydroxylation sites is 1. The number of benzene rings is 1. The number of hydrogen-bond donors (Lipinski definition) is 1. The Morgan fingerprint density at radius 3 is 2.68 bits per heavy atom. The van der Waals surface area contributed by atoms with E-state index in [0.29, 0.717) is 0 Å². The third-order valence-electron chi connectivity index (χ3n) is 4.60. The smallest absolute Gasteiger partial charge is 0.0841 e. The Bertz CT molecular complexity index is 484. The third kappa shape index (κ3) is 3.80. The standard InChI is InChI=1S/C18H28N2O2/c1-14-10-19(11-15(2)22-14)12-17(21)13-20-9-5-7-16-6-3-4-8-18(16)20/h3-4,6,8,14-15,17,21H,5,7,9-13H2,1-2H3. The summed E-state index contributed by atoms with van der Waals surface area (Å²) in [6.07, 6.45) is 2.53. The Labute approximate surface area is 133 Å². The van der Waals surface area contributed by atoms with Gasteiger partial charge in [-0.25, -0.2) is 0 Å². The number of nitrogens with zero attached hydrogens (tertiary/aromatic N) is 2. The molecular weight excluding hydrogens is 276 g/mol. The van der Waals surface area contributed by atoms with Gasteiger partial charge in [0.2, 0.25) is 0 Å². The molecule has 1 fully saturated rings. The van der Waals surface area contributed by atoms with E-state index in [9.17, 15) is 5.11 Å². The summed E-state index contributed by atoms with van der Waals surface area (Å²) in [5.74, 6) is 0. The summed E-state index contributed by atoms with van der Waals surface area (Å²) < 4.78 is 5.76. The van der Waals surface area contributed by atoms with Crippen LogP contribution in [0.2, 0.25) is 0 Å². The molecule has 0 bridgehead atoms. The summed E-state index contributed by atoms with van der Waals surface area (Å²) in [5, 5.41) is 10.5. The summed E-state index contributed by atoms with van der Waals surface area (Å²) in [7, 11) is 0. The van der Waals surface area contributed by atoms with Crippen molar-refractivity contribution >= 4 is 5.69 Å². The van der Waals surface area contributed by atoms with Gasteiger partial charge in [-0.1, -0.05) is 18.2 Å². The Kier molecular flexibility index (Phi) is 5.01. The summed E-state index contributed by atoms with van der Waals surface area (Å²) in [6.45, 7) is 8.54. The fourth-order valence-corrected chi connectivity index (χ4v) is 3.84. The zero-order valence-electron chi connectivity index (χ0n) is 13.7. The Morgan fingerprint density at radius 2 is 1.91 bits per heavy atom. The van der Waals surface area contributed by atoms with E-state index in [0.717, 1.165) is 39.1 Å². The molecule has 3 atom stereocenters. The Morgan fingerprint density at radius 1 is 1.18 bits per heavy atom. The molecule has 2 heterocycles. The van der Waals surface area contributed by atoms with Gasteiger partial charge >= 0.3 is 0 Å². The molecule has 1 aromatic rings. The van der Waals surface area contributed by atoms with Crippen molar-refractivity contribution in [3.63, 3.8) is 0 Å². The number of aliphatic hydroxyl groups excluding tert-OH is 1. The quantitative estimate of drug-likeness (QED) is 0.922. The predicted molar refractivity (Wildman–Crippen MR) is 89.4 cm³/mol. The molecule has 3 unspecified atom stereocenters. The van der Waals surface area contributed by atoms with Gasteiger partial charge in [0.25, 0.3) is 0 Å². The average Bonchev–Trinajstić information content (AvgIpc) is 2.46. The maximum Gasteiger partial charge on any atom is 0.0841 e. The lowest BCUT2D eigenvalue weighted by atomic mass is 10.0. The number of β-amino-alcohol motifs (C(OH)–C–C–N with tert-alkyl or cyclic N) is 1. The maximum atomic E-state index is 10.5. The van der Waals surface area contributed by atoms with Crippen molar-refractivity contribution in [2.75, 3.05) is 37.6 Å². The van der Waals surface area contributed by atoms with E-state index < -0.39 is 0 Å². The molecule has 0 saturated carbocycles. The summed E-state index contributed by atoms with van der Waals surface area (Å²) in [4.78, 5) is 4.68. The molecule has 0 aliphatic carbocycles. The number of aryl methyl sites for hydroxylation is 1. The summed E-state index contributed by atoms with van der Waals surface area (Å²) in [6, 6.07) is 8.59. The summed E-state index contributed by atoms with van der Waals surface area (Å²) in [5.41, 5.74) is 2.71. The van der Waals surface area contributed by atoms with Crippen LogP contribution in [0.3, 0.4) is 0 Å². The van der Waals surface area contributed by atoms with E-state index in [2.05, 4.69) is 47.9 Å². The van der Waals surface area contributed by atoms with Crippen molar-refractivity contribution in [3.05, 3.63) is 29.8 Å². The highest BCUT2D eigenvalue weighted by molar-refractivity contribution is 5.55. The van der Waals surface area contributed by atoms with Gasteiger partial charge in [-0.3, -0.25) is 4.90 Å². The van der Waals surface area contributed by atoms with Crippen molar-refractivity contribution in [2.45, 2.75) is 45.0 Å². The third-order valence-corrected chi connectivity index (χ3v) is 4.60. The van der Waals surface area contributed by atoms with Gasteiger partial charge in [-0.15, -0.1) is 0 Å². The zero-order chi connectivity index (χ0) is 15.5. The van der Waals surface area contributed by atoms with Gasteiger partial charge < -0.3 is 14.7 Å². The van der Waals surface area contributed by atoms with E-state index in [4.69, 9.17) is 4.74 Å². The van der Waals surface area contributed by atoms with Crippen LogP contribution in [0.1, 0.15) is 25.8 Å².